The van der Waals surface area contributed by atoms with Crippen molar-refractivity contribution >= 4 is 17.2 Å². The molecule has 1 amide bonds. The Bertz CT molecular complexity index is 319. The fourth-order valence-corrected chi connectivity index (χ4v) is 2.60. The summed E-state index contributed by atoms with van der Waals surface area (Å²) in [5.74, 6) is -0.254. The minimum atomic E-state index is -0.254. The first-order valence-electron chi connectivity index (χ1n) is 5.05. The molecule has 1 aromatic rings. The molecular formula is C10H15N3OS. The first-order chi connectivity index (χ1) is 7.29. The number of carbonyl (C=O) groups is 1. The molecule has 1 aromatic heterocycles. The summed E-state index contributed by atoms with van der Waals surface area (Å²) in [4.78, 5) is 13.6. The molecule has 1 aliphatic rings. The number of hydrogen-bond acceptors (Lipinski definition) is 4. The minimum Gasteiger partial charge on any atom is -0.368 e. The van der Waals surface area contributed by atoms with Crippen LogP contribution in [0, 0.1) is 0 Å². The van der Waals surface area contributed by atoms with Gasteiger partial charge in [0.1, 0.15) is 6.04 Å². The number of piperazine rings is 1. The molecule has 1 fully saturated rings. The summed E-state index contributed by atoms with van der Waals surface area (Å²) in [6.45, 7) is 3.61. The quantitative estimate of drug-likeness (QED) is 0.771. The van der Waals surface area contributed by atoms with Crippen LogP contribution in [0.15, 0.2) is 16.8 Å². The zero-order valence-electron chi connectivity index (χ0n) is 8.48. The van der Waals surface area contributed by atoms with Crippen molar-refractivity contribution in [3.05, 3.63) is 22.4 Å². The fourth-order valence-electron chi connectivity index (χ4n) is 1.93. The fraction of sp³-hybridized carbons (Fsp3) is 0.500. The Labute approximate surface area is 93.1 Å². The van der Waals surface area contributed by atoms with Gasteiger partial charge in [0.25, 0.3) is 0 Å². The van der Waals surface area contributed by atoms with Crippen molar-refractivity contribution in [2.75, 3.05) is 26.2 Å². The summed E-state index contributed by atoms with van der Waals surface area (Å²) >= 11 is 1.60. The highest BCUT2D eigenvalue weighted by Gasteiger charge is 2.26. The molecular weight excluding hydrogens is 210 g/mol. The summed E-state index contributed by atoms with van der Waals surface area (Å²) in [5.41, 5.74) is 6.48. The van der Waals surface area contributed by atoms with Crippen LogP contribution < -0.4 is 11.1 Å². The highest BCUT2D eigenvalue weighted by molar-refractivity contribution is 7.08. The lowest BCUT2D eigenvalue weighted by atomic mass is 10.1. The van der Waals surface area contributed by atoms with Crippen molar-refractivity contribution in [1.82, 2.24) is 10.2 Å². The van der Waals surface area contributed by atoms with Crippen molar-refractivity contribution in [3.63, 3.8) is 0 Å². The molecule has 0 aliphatic carbocycles. The first kappa shape index (κ1) is 10.6. The molecule has 3 N–H and O–H groups in total. The lowest BCUT2D eigenvalue weighted by Crippen LogP contribution is -2.48. The standard InChI is InChI=1S/C10H15N3OS/c11-10(14)9(8-1-6-15-7-8)13-4-2-12-3-5-13/h1,6-7,9,12H,2-5H2,(H2,11,14). The Morgan fingerprint density at radius 3 is 2.80 bits per heavy atom. The Balaban J connectivity index is 2.15. The summed E-state index contributed by atoms with van der Waals surface area (Å²) < 4.78 is 0. The minimum absolute atomic E-state index is 0.252. The Morgan fingerprint density at radius 1 is 1.53 bits per heavy atom. The van der Waals surface area contributed by atoms with Gasteiger partial charge in [0, 0.05) is 26.2 Å². The van der Waals surface area contributed by atoms with Crippen LogP contribution in [0.25, 0.3) is 0 Å². The number of hydrogen-bond donors (Lipinski definition) is 2. The van der Waals surface area contributed by atoms with E-state index in [2.05, 4.69) is 10.2 Å². The smallest absolute Gasteiger partial charge is 0.239 e. The number of carbonyl (C=O) groups excluding carboxylic acids is 1. The van der Waals surface area contributed by atoms with Crippen molar-refractivity contribution < 1.29 is 4.79 Å². The normalized spacial score (nSPS) is 20.0. The molecule has 2 heterocycles. The van der Waals surface area contributed by atoms with Crippen LogP contribution in [0.2, 0.25) is 0 Å². The third-order valence-corrected chi connectivity index (χ3v) is 3.35. The molecule has 0 saturated carbocycles. The number of nitrogens with two attached hydrogens (primary N) is 1. The van der Waals surface area contributed by atoms with Crippen LogP contribution in [0.3, 0.4) is 0 Å². The predicted octanol–water partition coefficient (Wildman–Crippen LogP) is 0.180. The second-order valence-corrected chi connectivity index (χ2v) is 4.43. The van der Waals surface area contributed by atoms with E-state index >= 15 is 0 Å². The summed E-state index contributed by atoms with van der Waals surface area (Å²) in [5, 5.41) is 7.24. The van der Waals surface area contributed by atoms with E-state index in [1.807, 2.05) is 16.8 Å². The molecule has 15 heavy (non-hydrogen) atoms. The lowest BCUT2D eigenvalue weighted by molar-refractivity contribution is -0.123. The number of rotatable bonds is 3. The maximum atomic E-state index is 11.5. The molecule has 82 valence electrons. The molecule has 0 spiro atoms. The van der Waals surface area contributed by atoms with Gasteiger partial charge in [-0.1, -0.05) is 0 Å². The van der Waals surface area contributed by atoms with E-state index in [9.17, 15) is 4.79 Å². The van der Waals surface area contributed by atoms with E-state index in [1.165, 1.54) is 0 Å². The van der Waals surface area contributed by atoms with Crippen molar-refractivity contribution in [2.45, 2.75) is 6.04 Å². The van der Waals surface area contributed by atoms with Gasteiger partial charge >= 0.3 is 0 Å². The van der Waals surface area contributed by atoms with Crippen LogP contribution in [-0.4, -0.2) is 37.0 Å². The van der Waals surface area contributed by atoms with Gasteiger partial charge in [-0.15, -0.1) is 0 Å². The van der Waals surface area contributed by atoms with E-state index in [0.29, 0.717) is 0 Å². The van der Waals surface area contributed by atoms with Gasteiger partial charge in [0.05, 0.1) is 0 Å². The van der Waals surface area contributed by atoms with Crippen molar-refractivity contribution in [1.29, 1.82) is 0 Å². The third-order valence-electron chi connectivity index (χ3n) is 2.65. The second-order valence-electron chi connectivity index (χ2n) is 3.65. The van der Waals surface area contributed by atoms with Crippen LogP contribution in [0.1, 0.15) is 11.6 Å². The number of nitrogens with one attached hydrogen (secondary N) is 1. The highest BCUT2D eigenvalue weighted by atomic mass is 32.1. The van der Waals surface area contributed by atoms with Crippen LogP contribution in [0.5, 0.6) is 0 Å². The van der Waals surface area contributed by atoms with Gasteiger partial charge in [-0.3, -0.25) is 9.69 Å². The van der Waals surface area contributed by atoms with Crippen LogP contribution in [-0.2, 0) is 4.79 Å². The molecule has 2 rings (SSSR count). The largest absolute Gasteiger partial charge is 0.368 e. The van der Waals surface area contributed by atoms with E-state index in [1.54, 1.807) is 11.3 Å². The zero-order chi connectivity index (χ0) is 10.7. The summed E-state index contributed by atoms with van der Waals surface area (Å²) in [6, 6.07) is 1.72. The molecule has 0 bridgehead atoms. The Hall–Kier alpha value is -0.910. The maximum absolute atomic E-state index is 11.5. The maximum Gasteiger partial charge on any atom is 0.239 e. The Morgan fingerprint density at radius 2 is 2.27 bits per heavy atom. The average Bonchev–Trinajstić information content (AvgIpc) is 2.72. The molecule has 0 aromatic carbocycles. The van der Waals surface area contributed by atoms with Gasteiger partial charge in [0.2, 0.25) is 5.91 Å². The zero-order valence-corrected chi connectivity index (χ0v) is 9.30. The summed E-state index contributed by atoms with van der Waals surface area (Å²) in [6.07, 6.45) is 0. The molecule has 1 aliphatic heterocycles. The molecule has 5 heteroatoms. The second kappa shape index (κ2) is 4.74. The number of primary amides is 1. The number of thiophene rings is 1. The monoisotopic (exact) mass is 225 g/mol. The third kappa shape index (κ3) is 2.37. The molecule has 0 radical (unpaired) electrons. The lowest BCUT2D eigenvalue weighted by Gasteiger charge is -2.32. The van der Waals surface area contributed by atoms with Gasteiger partial charge in [-0.2, -0.15) is 11.3 Å². The SMILES string of the molecule is NC(=O)C(c1ccsc1)N1CCNCC1. The van der Waals surface area contributed by atoms with E-state index < -0.39 is 0 Å². The molecule has 1 unspecified atom stereocenters. The number of nitrogens with zero attached hydrogens (tertiary/aromatic N) is 1. The highest BCUT2D eigenvalue weighted by Crippen LogP contribution is 2.22. The van der Waals surface area contributed by atoms with Crippen molar-refractivity contribution in [2.24, 2.45) is 5.73 Å². The van der Waals surface area contributed by atoms with E-state index in [4.69, 9.17) is 5.73 Å². The molecule has 1 saturated heterocycles. The average molecular weight is 225 g/mol. The predicted molar refractivity (Wildman–Crippen MR) is 60.7 cm³/mol. The Kier molecular flexibility index (Phi) is 3.35. The van der Waals surface area contributed by atoms with Crippen LogP contribution in [0.4, 0.5) is 0 Å². The van der Waals surface area contributed by atoms with Crippen molar-refractivity contribution in [3.8, 4) is 0 Å². The van der Waals surface area contributed by atoms with Gasteiger partial charge < -0.3 is 11.1 Å². The summed E-state index contributed by atoms with van der Waals surface area (Å²) in [7, 11) is 0. The number of amides is 1. The topological polar surface area (TPSA) is 58.4 Å². The van der Waals surface area contributed by atoms with Gasteiger partial charge in [-0.25, -0.2) is 0 Å². The molecule has 4 nitrogen and oxygen atoms in total. The molecule has 1 atom stereocenters. The van der Waals surface area contributed by atoms with E-state index in [0.717, 1.165) is 31.7 Å². The van der Waals surface area contributed by atoms with Gasteiger partial charge in [-0.05, 0) is 22.4 Å². The van der Waals surface area contributed by atoms with E-state index in [-0.39, 0.29) is 11.9 Å². The van der Waals surface area contributed by atoms with Gasteiger partial charge in [0.15, 0.2) is 0 Å². The van der Waals surface area contributed by atoms with Crippen LogP contribution >= 0.6 is 11.3 Å². The first-order valence-corrected chi connectivity index (χ1v) is 5.99.